The summed E-state index contributed by atoms with van der Waals surface area (Å²) in [5.41, 5.74) is 3.01. The topological polar surface area (TPSA) is 65.0 Å². The third-order valence-electron chi connectivity index (χ3n) is 11.4. The van der Waals surface area contributed by atoms with Crippen LogP contribution in [0.2, 0.25) is 0 Å². The molecule has 0 bridgehead atoms. The molecule has 10 rings (SSSR count). The zero-order chi connectivity index (χ0) is 42.9. The van der Waals surface area contributed by atoms with Gasteiger partial charge in [-0.1, -0.05) is 104 Å². The van der Waals surface area contributed by atoms with E-state index in [1.807, 2.05) is 72.8 Å². The van der Waals surface area contributed by atoms with E-state index in [9.17, 15) is 0 Å². The van der Waals surface area contributed by atoms with Crippen LogP contribution >= 0.6 is 0 Å². The first-order chi connectivity index (χ1) is 29.2. The molecule has 0 spiro atoms. The Morgan fingerprint density at radius 3 is 1.48 bits per heavy atom. The lowest BCUT2D eigenvalue weighted by Crippen LogP contribution is -2.48. The van der Waals surface area contributed by atoms with Crippen LogP contribution in [0.5, 0.6) is 0 Å². The highest BCUT2D eigenvalue weighted by Crippen LogP contribution is 2.38. The Labute approximate surface area is 367 Å². The van der Waals surface area contributed by atoms with Crippen LogP contribution < -0.4 is 71.0 Å². The van der Waals surface area contributed by atoms with Gasteiger partial charge in [-0.3, -0.25) is 0 Å². The summed E-state index contributed by atoms with van der Waals surface area (Å²) < 4.78 is 12.5. The van der Waals surface area contributed by atoms with Crippen molar-refractivity contribution in [2.75, 3.05) is 0 Å². The molecule has 250 valence electrons. The van der Waals surface area contributed by atoms with Crippen molar-refractivity contribution >= 4 is 228 Å². The Kier molecular flexibility index (Phi) is 9.14. The molecule has 0 N–H and O–H groups in total. The molecule has 18 heteroatoms. The molecule has 0 fully saturated rings. The van der Waals surface area contributed by atoms with Crippen molar-refractivity contribution in [3.63, 3.8) is 0 Å². The van der Waals surface area contributed by atoms with Crippen LogP contribution in [0, 0.1) is 0 Å². The Bertz CT molecular complexity index is 3590. The van der Waals surface area contributed by atoms with Crippen LogP contribution in [-0.2, 0) is 0 Å². The highest BCUT2D eigenvalue weighted by molar-refractivity contribution is 6.71. The minimum atomic E-state index is -0.0634. The molecule has 0 saturated heterocycles. The zero-order valence-corrected chi connectivity index (χ0v) is 32.1. The van der Waals surface area contributed by atoms with E-state index < -0.39 is 0 Å². The van der Waals surface area contributed by atoms with Gasteiger partial charge in [-0.05, 0) is 34.0 Å². The predicted molar refractivity (Wildman–Crippen MR) is 264 cm³/mol. The highest BCUT2D eigenvalue weighted by atomic mass is 16.3. The summed E-state index contributed by atoms with van der Waals surface area (Å²) in [6, 6.07) is 22.7. The van der Waals surface area contributed by atoms with E-state index in [0.29, 0.717) is 33.9 Å². The van der Waals surface area contributed by atoms with Gasteiger partial charge in [0.2, 0.25) is 0 Å². The molecular formula is C43H12B13N3O2. The van der Waals surface area contributed by atoms with E-state index in [1.54, 1.807) is 0 Å². The largest absolute Gasteiger partial charge is 0.457 e. The summed E-state index contributed by atoms with van der Waals surface area (Å²) in [7, 11) is 87.3. The Balaban J connectivity index is 1.38. The zero-order valence-electron chi connectivity index (χ0n) is 32.1. The second-order valence-corrected chi connectivity index (χ2v) is 14.7. The number of nitrogens with zero attached hydrogens (tertiary/aromatic N) is 3. The van der Waals surface area contributed by atoms with Crippen LogP contribution in [0.15, 0.2) is 81.6 Å². The monoisotopic (exact) mass is 745 g/mol. The van der Waals surface area contributed by atoms with Crippen molar-refractivity contribution in [2.24, 2.45) is 0 Å². The summed E-state index contributed by atoms with van der Waals surface area (Å²) in [5.74, 6) is 0.675. The SMILES string of the molecule is [B]c1c([B])c([B])c2c(oc3c([B])c([B])c([B])c(-c4c([B])c([B])c([B])c5c(-c6nc(-c7ccccc7)nc(-c7cccc8oc9ccccc9c78)n6)c([B])c([B])c([B])c45)c32)c1[B]. The van der Waals surface area contributed by atoms with Crippen molar-refractivity contribution in [1.82, 2.24) is 15.0 Å². The molecule has 0 aliphatic rings. The number of furan rings is 2. The molecule has 0 atom stereocenters. The lowest BCUT2D eigenvalue weighted by atomic mass is 9.59. The number of para-hydroxylation sites is 1. The van der Waals surface area contributed by atoms with Gasteiger partial charge in [0, 0.05) is 38.2 Å². The quantitative estimate of drug-likeness (QED) is 0.172. The van der Waals surface area contributed by atoms with Crippen LogP contribution in [0.1, 0.15) is 0 Å². The van der Waals surface area contributed by atoms with E-state index in [0.717, 1.165) is 10.8 Å². The second kappa shape index (κ2) is 14.2. The van der Waals surface area contributed by atoms with Crippen molar-refractivity contribution < 1.29 is 8.83 Å². The average molecular weight is 743 g/mol. The van der Waals surface area contributed by atoms with Crippen LogP contribution in [0.3, 0.4) is 0 Å². The molecule has 5 nitrogen and oxygen atoms in total. The lowest BCUT2D eigenvalue weighted by molar-refractivity contribution is 0.669. The number of hydrogen-bond acceptors (Lipinski definition) is 5. The minimum absolute atomic E-state index is 0.0000519. The van der Waals surface area contributed by atoms with E-state index in [4.69, 9.17) is 126 Å². The lowest BCUT2D eigenvalue weighted by Gasteiger charge is -2.28. The fourth-order valence-corrected chi connectivity index (χ4v) is 8.31. The van der Waals surface area contributed by atoms with Gasteiger partial charge in [0.25, 0.3) is 0 Å². The maximum atomic E-state index is 6.97. The Hall–Kier alpha value is -5.75. The first-order valence-corrected chi connectivity index (χ1v) is 18.6. The van der Waals surface area contributed by atoms with Gasteiger partial charge in [0.1, 0.15) is 124 Å². The van der Waals surface area contributed by atoms with Gasteiger partial charge in [-0.15, -0.1) is 27.3 Å². The summed E-state index contributed by atoms with van der Waals surface area (Å²) in [5, 5.41) is 2.49. The van der Waals surface area contributed by atoms with Gasteiger partial charge < -0.3 is 8.83 Å². The van der Waals surface area contributed by atoms with Crippen molar-refractivity contribution in [3.05, 3.63) is 72.8 Å². The molecule has 0 amide bonds. The molecule has 0 unspecified atom stereocenters. The molecule has 10 aromatic rings. The molecule has 7 aromatic carbocycles. The molecule has 61 heavy (non-hydrogen) atoms. The molecule has 26 radical (unpaired) electrons. The maximum absolute atomic E-state index is 6.97. The molecule has 3 aromatic heterocycles. The molecular weight excluding hydrogens is 731 g/mol. The fraction of sp³-hybridized carbons (Fsp3) is 0. The Morgan fingerprint density at radius 2 is 0.787 bits per heavy atom. The van der Waals surface area contributed by atoms with E-state index >= 15 is 0 Å². The second-order valence-electron chi connectivity index (χ2n) is 14.7. The molecule has 0 saturated carbocycles. The van der Waals surface area contributed by atoms with Crippen molar-refractivity contribution in [2.45, 2.75) is 0 Å². The average Bonchev–Trinajstić information content (AvgIpc) is 3.86. The normalized spacial score (nSPS) is 11.8. The summed E-state index contributed by atoms with van der Waals surface area (Å²) in [6.07, 6.45) is 0. The summed E-state index contributed by atoms with van der Waals surface area (Å²) in [6.45, 7) is 0. The number of aromatic nitrogens is 3. The first-order valence-electron chi connectivity index (χ1n) is 18.6. The number of rotatable bonds is 4. The maximum Gasteiger partial charge on any atom is 0.164 e. The summed E-state index contributed by atoms with van der Waals surface area (Å²) >= 11 is 0. The van der Waals surface area contributed by atoms with Gasteiger partial charge in [0.05, 0.1) is 0 Å². The third-order valence-corrected chi connectivity index (χ3v) is 11.4. The van der Waals surface area contributed by atoms with Gasteiger partial charge in [0.15, 0.2) is 17.5 Å². The van der Waals surface area contributed by atoms with Crippen LogP contribution in [-0.4, -0.2) is 117 Å². The van der Waals surface area contributed by atoms with E-state index in [1.165, 1.54) is 0 Å². The standard InChI is InChI=1S/C43H12B13N3O2/c44-26-19(21-23-24-30(48)34(52)36(54)38(56)40(24)61-39(23)37(55)35(53)28(21)46)20-22(29(47)32(26)50)25(31(49)33(51)27(20)45)43-58-41(13-7-2-1-3-8-13)57-42(59-43)15-10-6-12-17-18(15)14-9-4-5-11-16(14)60-17/h1-12H. The van der Waals surface area contributed by atoms with Gasteiger partial charge in [-0.2, -0.15) is 0 Å². The highest BCUT2D eigenvalue weighted by Gasteiger charge is 2.28. The smallest absolute Gasteiger partial charge is 0.164 e. The molecule has 3 heterocycles. The van der Waals surface area contributed by atoms with Crippen LogP contribution in [0.4, 0.5) is 0 Å². The van der Waals surface area contributed by atoms with Crippen molar-refractivity contribution in [1.29, 1.82) is 0 Å². The van der Waals surface area contributed by atoms with E-state index in [2.05, 4.69) is 0 Å². The van der Waals surface area contributed by atoms with Crippen molar-refractivity contribution in [3.8, 4) is 45.3 Å². The summed E-state index contributed by atoms with van der Waals surface area (Å²) in [4.78, 5) is 15.1. The minimum Gasteiger partial charge on any atom is -0.457 e. The van der Waals surface area contributed by atoms with Crippen LogP contribution in [0.25, 0.3) is 99.9 Å². The number of benzene rings is 7. The fourth-order valence-electron chi connectivity index (χ4n) is 8.31. The number of hydrogen-bond donors (Lipinski definition) is 0. The number of fused-ring (bicyclic) bond motifs is 7. The Morgan fingerprint density at radius 1 is 0.311 bits per heavy atom. The molecule has 0 aliphatic carbocycles. The molecule has 0 aliphatic heterocycles. The first kappa shape index (κ1) is 39.4. The predicted octanol–water partition coefficient (Wildman–Crippen LogP) is -4.19. The third kappa shape index (κ3) is 5.56. The van der Waals surface area contributed by atoms with Gasteiger partial charge in [-0.25, -0.2) is 15.0 Å². The van der Waals surface area contributed by atoms with Gasteiger partial charge >= 0.3 is 0 Å². The van der Waals surface area contributed by atoms with E-state index in [-0.39, 0.29) is 126 Å².